The summed E-state index contributed by atoms with van der Waals surface area (Å²) in [5.74, 6) is -0.489. The molecule has 0 spiro atoms. The molecule has 106 valence electrons. The lowest BCUT2D eigenvalue weighted by Gasteiger charge is -2.14. The van der Waals surface area contributed by atoms with Gasteiger partial charge in [-0.3, -0.25) is 4.79 Å². The van der Waals surface area contributed by atoms with Gasteiger partial charge < -0.3 is 9.88 Å². The van der Waals surface area contributed by atoms with Crippen molar-refractivity contribution >= 4 is 5.91 Å². The molecule has 0 saturated carbocycles. The molecule has 0 aliphatic carbocycles. The number of aromatic amines is 1. The number of rotatable bonds is 2. The van der Waals surface area contributed by atoms with Gasteiger partial charge in [0.1, 0.15) is 0 Å². The molecule has 0 radical (unpaired) electrons. The van der Waals surface area contributed by atoms with E-state index in [4.69, 9.17) is 0 Å². The quantitative estimate of drug-likeness (QED) is 0.921. The number of aromatic nitrogens is 2. The molecule has 0 aliphatic heterocycles. The first-order valence-electron chi connectivity index (χ1n) is 5.71. The molecule has 20 heavy (non-hydrogen) atoms. The smallest absolute Gasteiger partial charge is 0.345 e. The van der Waals surface area contributed by atoms with E-state index in [0.717, 1.165) is 12.1 Å². The van der Waals surface area contributed by atoms with Gasteiger partial charge in [-0.25, -0.2) is 4.98 Å². The molecule has 4 nitrogen and oxygen atoms in total. The van der Waals surface area contributed by atoms with E-state index < -0.39 is 17.6 Å². The van der Waals surface area contributed by atoms with Crippen LogP contribution in [0.15, 0.2) is 30.7 Å². The molecule has 1 heterocycles. The zero-order valence-electron chi connectivity index (χ0n) is 10.8. The summed E-state index contributed by atoms with van der Waals surface area (Å²) in [6.07, 6.45) is -1.75. The SMILES string of the molecule is CN(C)C(=O)c1cc(-c2cnc[nH]2)cc(C(F)(F)F)c1. The number of H-pyrrole nitrogens is 1. The van der Waals surface area contributed by atoms with Crippen molar-refractivity contribution in [1.29, 1.82) is 0 Å². The minimum absolute atomic E-state index is 0.0191. The number of nitrogens with one attached hydrogen (secondary N) is 1. The Hall–Kier alpha value is -2.31. The third-order valence-corrected chi connectivity index (χ3v) is 2.72. The maximum atomic E-state index is 12.9. The second-order valence-electron chi connectivity index (χ2n) is 4.46. The lowest BCUT2D eigenvalue weighted by atomic mass is 10.0. The van der Waals surface area contributed by atoms with Crippen LogP contribution in [0.5, 0.6) is 0 Å². The summed E-state index contributed by atoms with van der Waals surface area (Å²) < 4.78 is 38.7. The summed E-state index contributed by atoms with van der Waals surface area (Å²) in [5.41, 5.74) is -0.198. The molecule has 1 aromatic heterocycles. The maximum Gasteiger partial charge on any atom is 0.416 e. The number of imidazole rings is 1. The number of nitrogens with zero attached hydrogens (tertiary/aromatic N) is 2. The summed E-state index contributed by atoms with van der Waals surface area (Å²) in [7, 11) is 2.97. The molecule has 2 rings (SSSR count). The number of hydrogen-bond acceptors (Lipinski definition) is 2. The molecule has 1 N–H and O–H groups in total. The van der Waals surface area contributed by atoms with E-state index in [2.05, 4.69) is 9.97 Å². The first kappa shape index (κ1) is 14.1. The van der Waals surface area contributed by atoms with Gasteiger partial charge in [-0.15, -0.1) is 0 Å². The summed E-state index contributed by atoms with van der Waals surface area (Å²) >= 11 is 0. The fourth-order valence-corrected chi connectivity index (χ4v) is 1.74. The molecular weight excluding hydrogens is 271 g/mol. The number of halogens is 3. The topological polar surface area (TPSA) is 49.0 Å². The highest BCUT2D eigenvalue weighted by molar-refractivity contribution is 5.95. The molecule has 7 heteroatoms. The van der Waals surface area contributed by atoms with Crippen molar-refractivity contribution in [2.45, 2.75) is 6.18 Å². The fraction of sp³-hybridized carbons (Fsp3) is 0.231. The van der Waals surface area contributed by atoms with Crippen LogP contribution in [-0.2, 0) is 6.18 Å². The number of hydrogen-bond donors (Lipinski definition) is 1. The zero-order valence-corrected chi connectivity index (χ0v) is 10.8. The van der Waals surface area contributed by atoms with Crippen molar-refractivity contribution in [3.05, 3.63) is 41.9 Å². The molecule has 0 aliphatic rings. The van der Waals surface area contributed by atoms with E-state index in [1.807, 2.05) is 0 Å². The molecule has 0 bridgehead atoms. The van der Waals surface area contributed by atoms with Crippen LogP contribution in [0, 0.1) is 0 Å². The lowest BCUT2D eigenvalue weighted by molar-refractivity contribution is -0.137. The Morgan fingerprint density at radius 1 is 1.25 bits per heavy atom. The molecule has 2 aromatic rings. The van der Waals surface area contributed by atoms with Crippen LogP contribution in [0.4, 0.5) is 13.2 Å². The Morgan fingerprint density at radius 3 is 2.45 bits per heavy atom. The average Bonchev–Trinajstić information content (AvgIpc) is 2.90. The lowest BCUT2D eigenvalue weighted by Crippen LogP contribution is -2.22. The van der Waals surface area contributed by atoms with Gasteiger partial charge in [-0.2, -0.15) is 13.2 Å². The minimum atomic E-state index is -4.52. The molecule has 0 unspecified atom stereocenters. The standard InChI is InChI=1S/C13H12F3N3O/c1-19(2)12(20)9-3-8(11-6-17-7-18-11)4-10(5-9)13(14,15)16/h3-7H,1-2H3,(H,17,18). The van der Waals surface area contributed by atoms with Crippen LogP contribution in [0.3, 0.4) is 0 Å². The predicted octanol–water partition coefficient (Wildman–Crippen LogP) is 2.80. The summed E-state index contributed by atoms with van der Waals surface area (Å²) in [6.45, 7) is 0. The number of alkyl halides is 3. The van der Waals surface area contributed by atoms with Crippen LogP contribution in [-0.4, -0.2) is 34.9 Å². The molecule has 0 fully saturated rings. The van der Waals surface area contributed by atoms with Crippen LogP contribution >= 0.6 is 0 Å². The number of amides is 1. The van der Waals surface area contributed by atoms with E-state index in [0.29, 0.717) is 5.69 Å². The highest BCUT2D eigenvalue weighted by atomic mass is 19.4. The first-order valence-corrected chi connectivity index (χ1v) is 5.71. The average molecular weight is 283 g/mol. The van der Waals surface area contributed by atoms with Gasteiger partial charge in [0.05, 0.1) is 23.8 Å². The van der Waals surface area contributed by atoms with Crippen molar-refractivity contribution in [3.63, 3.8) is 0 Å². The molecule has 1 aromatic carbocycles. The van der Waals surface area contributed by atoms with Gasteiger partial charge in [0.25, 0.3) is 5.91 Å². The second kappa shape index (κ2) is 4.99. The Morgan fingerprint density at radius 2 is 1.95 bits per heavy atom. The number of benzene rings is 1. The number of carbonyl (C=O) groups is 1. The van der Waals surface area contributed by atoms with Crippen molar-refractivity contribution < 1.29 is 18.0 Å². The maximum absolute atomic E-state index is 12.9. The van der Waals surface area contributed by atoms with Crippen molar-refractivity contribution in [3.8, 4) is 11.3 Å². The summed E-state index contributed by atoms with van der Waals surface area (Å²) in [5, 5.41) is 0. The third-order valence-electron chi connectivity index (χ3n) is 2.72. The largest absolute Gasteiger partial charge is 0.416 e. The predicted molar refractivity (Wildman–Crippen MR) is 67.0 cm³/mol. The Labute approximate surface area is 113 Å². The second-order valence-corrected chi connectivity index (χ2v) is 4.46. The third kappa shape index (κ3) is 2.81. The highest BCUT2D eigenvalue weighted by Crippen LogP contribution is 2.33. The molecular formula is C13H12F3N3O. The van der Waals surface area contributed by atoms with Crippen molar-refractivity contribution in [2.75, 3.05) is 14.1 Å². The summed E-state index contributed by atoms with van der Waals surface area (Å²) in [6, 6.07) is 3.24. The van der Waals surface area contributed by atoms with Gasteiger partial charge in [0.15, 0.2) is 0 Å². The Bertz CT molecular complexity index is 618. The molecule has 1 amide bonds. The first-order chi connectivity index (χ1) is 9.29. The highest BCUT2D eigenvalue weighted by Gasteiger charge is 2.32. The van der Waals surface area contributed by atoms with E-state index in [-0.39, 0.29) is 11.1 Å². The summed E-state index contributed by atoms with van der Waals surface area (Å²) in [4.78, 5) is 19.6. The van der Waals surface area contributed by atoms with Crippen LogP contribution in [0.2, 0.25) is 0 Å². The number of carbonyl (C=O) groups excluding carboxylic acids is 1. The fourth-order valence-electron chi connectivity index (χ4n) is 1.74. The van der Waals surface area contributed by atoms with E-state index in [1.165, 1.54) is 37.6 Å². The Kier molecular flexibility index (Phi) is 3.52. The monoisotopic (exact) mass is 283 g/mol. The minimum Gasteiger partial charge on any atom is -0.345 e. The van der Waals surface area contributed by atoms with Crippen LogP contribution < -0.4 is 0 Å². The van der Waals surface area contributed by atoms with Gasteiger partial charge >= 0.3 is 6.18 Å². The van der Waals surface area contributed by atoms with Gasteiger partial charge in [-0.05, 0) is 18.2 Å². The van der Waals surface area contributed by atoms with Crippen molar-refractivity contribution in [2.24, 2.45) is 0 Å². The van der Waals surface area contributed by atoms with Crippen LogP contribution in [0.1, 0.15) is 15.9 Å². The molecule has 0 atom stereocenters. The van der Waals surface area contributed by atoms with Crippen LogP contribution in [0.25, 0.3) is 11.3 Å². The van der Waals surface area contributed by atoms with Gasteiger partial charge in [-0.1, -0.05) is 0 Å². The van der Waals surface area contributed by atoms with E-state index >= 15 is 0 Å². The normalized spacial score (nSPS) is 11.4. The van der Waals surface area contributed by atoms with Gasteiger partial charge in [0, 0.05) is 25.2 Å². The molecule has 0 saturated heterocycles. The van der Waals surface area contributed by atoms with Gasteiger partial charge in [0.2, 0.25) is 0 Å². The van der Waals surface area contributed by atoms with E-state index in [1.54, 1.807) is 0 Å². The zero-order chi connectivity index (χ0) is 14.9. The Balaban J connectivity index is 2.59. The van der Waals surface area contributed by atoms with E-state index in [9.17, 15) is 18.0 Å². The van der Waals surface area contributed by atoms with Crippen molar-refractivity contribution in [1.82, 2.24) is 14.9 Å².